The molecule has 1 amide bonds. The highest BCUT2D eigenvalue weighted by Gasteiger charge is 2.19. The van der Waals surface area contributed by atoms with Crippen LogP contribution in [0.15, 0.2) is 54.6 Å². The van der Waals surface area contributed by atoms with Crippen LogP contribution in [0.25, 0.3) is 23.1 Å². The Morgan fingerprint density at radius 2 is 1.79 bits per heavy atom. The van der Waals surface area contributed by atoms with E-state index in [4.69, 9.17) is 14.2 Å². The Labute approximate surface area is 196 Å². The number of nitrogens with zero attached hydrogens (tertiary/aromatic N) is 1. The number of hydrogen-bond donors (Lipinski definition) is 2. The van der Waals surface area contributed by atoms with Crippen LogP contribution in [0.5, 0.6) is 17.2 Å². The molecule has 0 saturated heterocycles. The van der Waals surface area contributed by atoms with E-state index in [0.717, 1.165) is 16.6 Å². The zero-order valence-corrected chi connectivity index (χ0v) is 19.0. The minimum Gasteiger partial charge on any atom is -0.497 e. The van der Waals surface area contributed by atoms with Crippen molar-refractivity contribution in [2.75, 3.05) is 21.3 Å². The average molecular weight is 461 g/mol. The highest BCUT2D eigenvalue weighted by molar-refractivity contribution is 6.05. The molecule has 0 saturated carbocycles. The van der Waals surface area contributed by atoms with Gasteiger partial charge in [0.15, 0.2) is 0 Å². The monoisotopic (exact) mass is 461 g/mol. The van der Waals surface area contributed by atoms with Crippen LogP contribution in [-0.4, -0.2) is 37.4 Å². The second kappa shape index (κ2) is 10.1. The van der Waals surface area contributed by atoms with Gasteiger partial charge in [-0.2, -0.15) is 5.10 Å². The van der Waals surface area contributed by atoms with Crippen molar-refractivity contribution in [1.29, 1.82) is 0 Å². The molecule has 0 bridgehead atoms. The number of carbonyl (C=O) groups is 1. The first-order chi connectivity index (χ1) is 16.5. The first-order valence-corrected chi connectivity index (χ1v) is 10.5. The second-order valence-electron chi connectivity index (χ2n) is 7.42. The highest BCUT2D eigenvalue weighted by atomic mass is 19.1. The summed E-state index contributed by atoms with van der Waals surface area (Å²) in [7, 11) is 4.66. The number of hydrogen-bond acceptors (Lipinski definition) is 5. The maximum absolute atomic E-state index is 13.2. The first kappa shape index (κ1) is 22.8. The fourth-order valence-electron chi connectivity index (χ4n) is 3.64. The van der Waals surface area contributed by atoms with E-state index in [-0.39, 0.29) is 18.3 Å². The molecule has 1 heterocycles. The topological polar surface area (TPSA) is 85.5 Å². The number of aromatic nitrogens is 2. The van der Waals surface area contributed by atoms with Gasteiger partial charge in [-0.05, 0) is 48.0 Å². The minimum atomic E-state index is -0.300. The van der Waals surface area contributed by atoms with Gasteiger partial charge in [0, 0.05) is 18.2 Å². The summed E-state index contributed by atoms with van der Waals surface area (Å²) in [6, 6.07) is 15.0. The van der Waals surface area contributed by atoms with Gasteiger partial charge in [0.1, 0.15) is 23.1 Å². The predicted molar refractivity (Wildman–Crippen MR) is 129 cm³/mol. The van der Waals surface area contributed by atoms with Crippen molar-refractivity contribution in [2.24, 2.45) is 0 Å². The van der Waals surface area contributed by atoms with E-state index < -0.39 is 0 Å². The summed E-state index contributed by atoms with van der Waals surface area (Å²) in [6.45, 7) is 0.260. The zero-order valence-electron chi connectivity index (χ0n) is 19.0. The van der Waals surface area contributed by atoms with E-state index >= 15 is 0 Å². The van der Waals surface area contributed by atoms with Crippen LogP contribution in [0.2, 0.25) is 0 Å². The second-order valence-corrected chi connectivity index (χ2v) is 7.42. The molecule has 0 aliphatic heterocycles. The standard InChI is InChI=1S/C26H24FN3O4/c1-32-19-10-7-17(23(14-19)33-2)15-28-26(31)20-11-13-22-24(25(20)34-3)21(29-30-22)12-6-16-4-8-18(27)9-5-16/h4-14H,15H2,1-3H3,(H,28,31)(H,29,30). The van der Waals surface area contributed by atoms with Crippen LogP contribution in [0.4, 0.5) is 4.39 Å². The van der Waals surface area contributed by atoms with E-state index in [9.17, 15) is 9.18 Å². The zero-order chi connectivity index (χ0) is 24.1. The molecule has 4 aromatic rings. The van der Waals surface area contributed by atoms with Crippen molar-refractivity contribution in [3.05, 3.63) is 82.8 Å². The molecule has 0 unspecified atom stereocenters. The molecule has 8 heteroatoms. The molecule has 0 spiro atoms. The Hall–Kier alpha value is -4.33. The number of ether oxygens (including phenoxy) is 3. The van der Waals surface area contributed by atoms with Crippen LogP contribution in [-0.2, 0) is 6.54 Å². The number of aromatic amines is 1. The molecular formula is C26H24FN3O4. The fourth-order valence-corrected chi connectivity index (χ4v) is 3.64. The number of methoxy groups -OCH3 is 3. The predicted octanol–water partition coefficient (Wildman–Crippen LogP) is 4.83. The van der Waals surface area contributed by atoms with Crippen molar-refractivity contribution in [3.63, 3.8) is 0 Å². The summed E-state index contributed by atoms with van der Waals surface area (Å²) >= 11 is 0. The fraction of sp³-hybridized carbons (Fsp3) is 0.154. The molecule has 0 atom stereocenters. The first-order valence-electron chi connectivity index (χ1n) is 10.5. The Morgan fingerprint density at radius 3 is 2.50 bits per heavy atom. The molecule has 2 N–H and O–H groups in total. The summed E-state index contributed by atoms with van der Waals surface area (Å²) in [6.07, 6.45) is 3.61. The van der Waals surface area contributed by atoms with Gasteiger partial charge in [-0.1, -0.05) is 18.2 Å². The maximum Gasteiger partial charge on any atom is 0.255 e. The normalized spacial score (nSPS) is 11.1. The summed E-state index contributed by atoms with van der Waals surface area (Å²) in [5, 5.41) is 10.9. The molecule has 7 nitrogen and oxygen atoms in total. The third kappa shape index (κ3) is 4.71. The number of fused-ring (bicyclic) bond motifs is 1. The van der Waals surface area contributed by atoms with Crippen LogP contribution < -0.4 is 19.5 Å². The molecule has 4 rings (SSSR count). The van der Waals surface area contributed by atoms with Crippen LogP contribution in [0.1, 0.15) is 27.2 Å². The number of benzene rings is 3. The number of H-pyrrole nitrogens is 1. The molecule has 174 valence electrons. The van der Waals surface area contributed by atoms with Gasteiger partial charge in [0.2, 0.25) is 0 Å². The lowest BCUT2D eigenvalue weighted by atomic mass is 10.1. The molecule has 1 aromatic heterocycles. The van der Waals surface area contributed by atoms with E-state index in [0.29, 0.717) is 33.9 Å². The highest BCUT2D eigenvalue weighted by Crippen LogP contribution is 2.32. The van der Waals surface area contributed by atoms with Crippen molar-refractivity contribution in [2.45, 2.75) is 6.54 Å². The molecule has 34 heavy (non-hydrogen) atoms. The lowest BCUT2D eigenvalue weighted by Crippen LogP contribution is -2.23. The van der Waals surface area contributed by atoms with Crippen molar-refractivity contribution in [3.8, 4) is 17.2 Å². The lowest BCUT2D eigenvalue weighted by Gasteiger charge is -2.13. The van der Waals surface area contributed by atoms with Gasteiger partial charge in [-0.25, -0.2) is 4.39 Å². The third-order valence-corrected chi connectivity index (χ3v) is 5.40. The summed E-state index contributed by atoms with van der Waals surface area (Å²) in [5.41, 5.74) is 3.33. The van der Waals surface area contributed by atoms with Gasteiger partial charge < -0.3 is 19.5 Å². The largest absolute Gasteiger partial charge is 0.497 e. The van der Waals surface area contributed by atoms with E-state index in [1.165, 1.54) is 19.2 Å². The van der Waals surface area contributed by atoms with Crippen molar-refractivity contribution in [1.82, 2.24) is 15.5 Å². The van der Waals surface area contributed by atoms with Crippen LogP contribution >= 0.6 is 0 Å². The van der Waals surface area contributed by atoms with Crippen LogP contribution in [0, 0.1) is 5.82 Å². The van der Waals surface area contributed by atoms with Gasteiger partial charge in [0.25, 0.3) is 5.91 Å². The van der Waals surface area contributed by atoms with Crippen LogP contribution in [0.3, 0.4) is 0 Å². The number of rotatable bonds is 8. The SMILES string of the molecule is COc1ccc(CNC(=O)c2ccc3[nH]nc(C=Cc4ccc(F)cc4)c3c2OC)c(OC)c1. The minimum absolute atomic E-state index is 0.260. The molecular weight excluding hydrogens is 437 g/mol. The quantitative estimate of drug-likeness (QED) is 0.393. The maximum atomic E-state index is 13.2. The van der Waals surface area contributed by atoms with E-state index in [1.54, 1.807) is 50.6 Å². The molecule has 0 aliphatic carbocycles. The van der Waals surface area contributed by atoms with Gasteiger partial charge in [-0.3, -0.25) is 9.89 Å². The Bertz CT molecular complexity index is 1350. The lowest BCUT2D eigenvalue weighted by molar-refractivity contribution is 0.0948. The smallest absolute Gasteiger partial charge is 0.255 e. The van der Waals surface area contributed by atoms with Crippen molar-refractivity contribution < 1.29 is 23.4 Å². The Kier molecular flexibility index (Phi) is 6.77. The Balaban J connectivity index is 1.61. The van der Waals surface area contributed by atoms with Gasteiger partial charge >= 0.3 is 0 Å². The summed E-state index contributed by atoms with van der Waals surface area (Å²) in [4.78, 5) is 13.1. The molecule has 0 fully saturated rings. The summed E-state index contributed by atoms with van der Waals surface area (Å²) < 4.78 is 29.4. The molecule has 3 aromatic carbocycles. The van der Waals surface area contributed by atoms with E-state index in [1.807, 2.05) is 18.2 Å². The number of halogens is 1. The number of carbonyl (C=O) groups excluding carboxylic acids is 1. The van der Waals surface area contributed by atoms with Crippen molar-refractivity contribution >= 4 is 29.0 Å². The number of amides is 1. The number of nitrogens with one attached hydrogen (secondary N) is 2. The van der Waals surface area contributed by atoms with Gasteiger partial charge in [-0.15, -0.1) is 0 Å². The Morgan fingerprint density at radius 1 is 1.00 bits per heavy atom. The van der Waals surface area contributed by atoms with E-state index in [2.05, 4.69) is 15.5 Å². The molecule has 0 aliphatic rings. The van der Waals surface area contributed by atoms with Gasteiger partial charge in [0.05, 0.1) is 43.5 Å². The average Bonchev–Trinajstić information content (AvgIpc) is 3.29. The summed E-state index contributed by atoms with van der Waals surface area (Å²) in [5.74, 6) is 1.09. The molecule has 0 radical (unpaired) electrons. The third-order valence-electron chi connectivity index (χ3n) is 5.40.